The molecule has 0 aromatic carbocycles. The van der Waals surface area contributed by atoms with Crippen molar-refractivity contribution >= 4 is 0 Å². The van der Waals surface area contributed by atoms with Gasteiger partial charge in [-0.2, -0.15) is 0 Å². The Labute approximate surface area is 79.4 Å². The summed E-state index contributed by atoms with van der Waals surface area (Å²) in [6.07, 6.45) is 1.63. The summed E-state index contributed by atoms with van der Waals surface area (Å²) in [6, 6.07) is 5.35. The van der Waals surface area contributed by atoms with Crippen molar-refractivity contribution < 1.29 is 9.15 Å². The number of nitrogens with zero attached hydrogens (tertiary/aromatic N) is 1. The maximum absolute atomic E-state index is 10.9. The van der Waals surface area contributed by atoms with Gasteiger partial charge in [-0.1, -0.05) is 6.07 Å². The van der Waals surface area contributed by atoms with Gasteiger partial charge in [-0.25, -0.2) is 4.79 Å². The molecular formula is C9H8N2O3. The maximum atomic E-state index is 10.9. The summed E-state index contributed by atoms with van der Waals surface area (Å²) in [5.74, 6) is -0.406. The van der Waals surface area contributed by atoms with Gasteiger partial charge in [0.2, 0.25) is 0 Å². The Hall–Kier alpha value is -2.04. The third-order valence-electron chi connectivity index (χ3n) is 1.72. The maximum Gasteiger partial charge on any atom is 0.419 e. The molecule has 2 rings (SSSR count). The highest BCUT2D eigenvalue weighted by molar-refractivity contribution is 5.58. The van der Waals surface area contributed by atoms with Gasteiger partial charge in [0.15, 0.2) is 5.69 Å². The normalized spacial score (nSPS) is 10.1. The molecule has 5 nitrogen and oxygen atoms in total. The summed E-state index contributed by atoms with van der Waals surface area (Å²) in [5.41, 5.74) is 1.06. The van der Waals surface area contributed by atoms with Gasteiger partial charge in [0.1, 0.15) is 0 Å². The lowest BCUT2D eigenvalue weighted by Crippen LogP contribution is -1.95. The van der Waals surface area contributed by atoms with Crippen molar-refractivity contribution in [1.82, 2.24) is 9.97 Å². The molecule has 14 heavy (non-hydrogen) atoms. The van der Waals surface area contributed by atoms with Crippen LogP contribution in [0.3, 0.4) is 0 Å². The second kappa shape index (κ2) is 3.37. The summed E-state index contributed by atoms with van der Waals surface area (Å²) in [6.45, 7) is 0. The van der Waals surface area contributed by atoms with E-state index in [0.29, 0.717) is 11.4 Å². The Bertz CT molecular complexity index is 472. The lowest BCUT2D eigenvalue weighted by Gasteiger charge is -1.97. The average Bonchev–Trinajstić information content (AvgIpc) is 2.61. The fourth-order valence-electron chi connectivity index (χ4n) is 1.14. The van der Waals surface area contributed by atoms with Gasteiger partial charge in [-0.05, 0) is 12.1 Å². The molecule has 0 bridgehead atoms. The number of aromatic amines is 1. The molecule has 0 radical (unpaired) electrons. The monoisotopic (exact) mass is 192 g/mol. The number of H-pyrrole nitrogens is 1. The fraction of sp³-hybridized carbons (Fsp3) is 0.111. The first kappa shape index (κ1) is 8.55. The van der Waals surface area contributed by atoms with Crippen LogP contribution in [0.2, 0.25) is 0 Å². The van der Waals surface area contributed by atoms with E-state index in [1.807, 2.05) is 6.07 Å². The molecule has 0 atom stereocenters. The van der Waals surface area contributed by atoms with E-state index in [1.165, 1.54) is 7.11 Å². The molecule has 0 fully saturated rings. The van der Waals surface area contributed by atoms with Gasteiger partial charge >= 0.3 is 11.7 Å². The van der Waals surface area contributed by atoms with Gasteiger partial charge in [-0.15, -0.1) is 0 Å². The molecule has 0 aliphatic carbocycles. The van der Waals surface area contributed by atoms with Crippen molar-refractivity contribution in [2.24, 2.45) is 0 Å². The van der Waals surface area contributed by atoms with E-state index >= 15 is 0 Å². The predicted molar refractivity (Wildman–Crippen MR) is 49.1 cm³/mol. The number of pyridine rings is 1. The number of ether oxygens (including phenoxy) is 1. The molecule has 1 N–H and O–H groups in total. The standard InChI is InChI=1S/C9H8N2O3/c1-13-8-7(11-9(12)14-8)6-4-2-3-5-10-6/h2-5H,1H3,(H,11,12). The molecule has 0 spiro atoms. The smallest absolute Gasteiger partial charge is 0.419 e. The topological polar surface area (TPSA) is 68.1 Å². The summed E-state index contributed by atoms with van der Waals surface area (Å²) in [5, 5.41) is 0. The zero-order valence-electron chi connectivity index (χ0n) is 7.48. The van der Waals surface area contributed by atoms with Crippen molar-refractivity contribution in [3.8, 4) is 17.3 Å². The van der Waals surface area contributed by atoms with Gasteiger partial charge in [0.25, 0.3) is 0 Å². The molecule has 0 aliphatic heterocycles. The highest BCUT2D eigenvalue weighted by Crippen LogP contribution is 2.23. The van der Waals surface area contributed by atoms with Crippen molar-refractivity contribution in [1.29, 1.82) is 0 Å². The van der Waals surface area contributed by atoms with E-state index in [4.69, 9.17) is 9.15 Å². The summed E-state index contributed by atoms with van der Waals surface area (Å²) in [4.78, 5) is 17.5. The van der Waals surface area contributed by atoms with Crippen LogP contribution in [0.4, 0.5) is 0 Å². The minimum Gasteiger partial charge on any atom is -0.467 e. The summed E-state index contributed by atoms with van der Waals surface area (Å²) < 4.78 is 9.63. The first-order chi connectivity index (χ1) is 6.81. The molecule has 0 amide bonds. The molecule has 0 aliphatic rings. The largest absolute Gasteiger partial charge is 0.467 e. The number of oxazole rings is 1. The minimum atomic E-state index is -0.553. The van der Waals surface area contributed by atoms with Crippen LogP contribution in [0.1, 0.15) is 0 Å². The molecule has 2 aromatic rings. The van der Waals surface area contributed by atoms with Gasteiger partial charge in [0.05, 0.1) is 12.8 Å². The van der Waals surface area contributed by atoms with Crippen molar-refractivity contribution in [3.63, 3.8) is 0 Å². The molecule has 0 unspecified atom stereocenters. The molecule has 0 saturated heterocycles. The van der Waals surface area contributed by atoms with E-state index in [0.717, 1.165) is 0 Å². The van der Waals surface area contributed by atoms with Crippen LogP contribution in [-0.2, 0) is 0 Å². The first-order valence-electron chi connectivity index (χ1n) is 4.00. The zero-order valence-corrected chi connectivity index (χ0v) is 7.48. The van der Waals surface area contributed by atoms with E-state index in [9.17, 15) is 4.79 Å². The van der Waals surface area contributed by atoms with Crippen LogP contribution in [-0.4, -0.2) is 17.1 Å². The summed E-state index contributed by atoms with van der Waals surface area (Å²) in [7, 11) is 1.43. The van der Waals surface area contributed by atoms with Crippen molar-refractivity contribution in [3.05, 3.63) is 34.9 Å². The van der Waals surface area contributed by atoms with Crippen LogP contribution < -0.4 is 10.5 Å². The number of nitrogens with one attached hydrogen (secondary N) is 1. The second-order valence-corrected chi connectivity index (χ2v) is 2.60. The Morgan fingerprint density at radius 1 is 1.50 bits per heavy atom. The first-order valence-corrected chi connectivity index (χ1v) is 4.00. The number of rotatable bonds is 2. The molecule has 72 valence electrons. The van der Waals surface area contributed by atoms with Crippen LogP contribution in [0, 0.1) is 0 Å². The predicted octanol–water partition coefficient (Wildman–Crippen LogP) is 1.04. The molecule has 0 saturated carbocycles. The van der Waals surface area contributed by atoms with Gasteiger partial charge < -0.3 is 9.15 Å². The van der Waals surface area contributed by atoms with Crippen molar-refractivity contribution in [2.75, 3.05) is 7.11 Å². The highest BCUT2D eigenvalue weighted by Gasteiger charge is 2.12. The minimum absolute atomic E-state index is 0.147. The van der Waals surface area contributed by atoms with Gasteiger partial charge in [0, 0.05) is 6.20 Å². The lowest BCUT2D eigenvalue weighted by atomic mass is 10.3. The van der Waals surface area contributed by atoms with Crippen LogP contribution >= 0.6 is 0 Å². The molecule has 2 heterocycles. The number of hydrogen-bond donors (Lipinski definition) is 1. The number of aromatic nitrogens is 2. The number of methoxy groups -OCH3 is 1. The van der Waals surface area contributed by atoms with E-state index in [2.05, 4.69) is 9.97 Å². The van der Waals surface area contributed by atoms with E-state index in [-0.39, 0.29) is 5.95 Å². The van der Waals surface area contributed by atoms with Crippen LogP contribution in [0.15, 0.2) is 33.6 Å². The van der Waals surface area contributed by atoms with Crippen LogP contribution in [0.25, 0.3) is 11.4 Å². The third kappa shape index (κ3) is 1.39. The van der Waals surface area contributed by atoms with Crippen molar-refractivity contribution in [2.45, 2.75) is 0 Å². The Kier molecular flexibility index (Phi) is 2.06. The lowest BCUT2D eigenvalue weighted by molar-refractivity contribution is 0.296. The summed E-state index contributed by atoms with van der Waals surface area (Å²) >= 11 is 0. The van der Waals surface area contributed by atoms with E-state index in [1.54, 1.807) is 18.3 Å². The van der Waals surface area contributed by atoms with E-state index < -0.39 is 5.76 Å². The highest BCUT2D eigenvalue weighted by atomic mass is 16.6. The average molecular weight is 192 g/mol. The Morgan fingerprint density at radius 3 is 3.00 bits per heavy atom. The Morgan fingerprint density at radius 2 is 2.36 bits per heavy atom. The quantitative estimate of drug-likeness (QED) is 0.771. The molecular weight excluding hydrogens is 184 g/mol. The third-order valence-corrected chi connectivity index (χ3v) is 1.72. The second-order valence-electron chi connectivity index (χ2n) is 2.60. The van der Waals surface area contributed by atoms with Gasteiger partial charge in [-0.3, -0.25) is 9.97 Å². The Balaban J connectivity index is 2.56. The zero-order chi connectivity index (χ0) is 9.97. The number of hydrogen-bond acceptors (Lipinski definition) is 4. The fourth-order valence-corrected chi connectivity index (χ4v) is 1.14. The molecule has 5 heteroatoms. The van der Waals surface area contributed by atoms with Crippen LogP contribution in [0.5, 0.6) is 5.95 Å². The molecule has 2 aromatic heterocycles. The SMILES string of the molecule is COc1oc(=O)[nH]c1-c1ccccn1.